The Hall–Kier alpha value is -1.59. The van der Waals surface area contributed by atoms with Crippen molar-refractivity contribution in [2.75, 3.05) is 13.7 Å². The summed E-state index contributed by atoms with van der Waals surface area (Å²) in [4.78, 5) is 37.5. The van der Waals surface area contributed by atoms with Crippen molar-refractivity contribution in [1.82, 2.24) is 4.90 Å². The predicted molar refractivity (Wildman–Crippen MR) is 74.5 cm³/mol. The molecule has 0 radical (unpaired) electrons. The van der Waals surface area contributed by atoms with E-state index in [1.54, 1.807) is 4.90 Å². The second-order valence-electron chi connectivity index (χ2n) is 5.90. The number of esters is 1. The summed E-state index contributed by atoms with van der Waals surface area (Å²) in [7, 11) is 1.32. The number of nitrogens with zero attached hydrogens (tertiary/aromatic N) is 1. The van der Waals surface area contributed by atoms with E-state index in [0.29, 0.717) is 25.8 Å². The van der Waals surface area contributed by atoms with Crippen molar-refractivity contribution in [2.24, 2.45) is 11.8 Å². The Morgan fingerprint density at radius 3 is 2.24 bits per heavy atom. The zero-order chi connectivity index (χ0) is 15.4. The third kappa shape index (κ3) is 3.36. The minimum Gasteiger partial charge on any atom is -0.481 e. The van der Waals surface area contributed by atoms with Gasteiger partial charge in [0.2, 0.25) is 5.91 Å². The van der Waals surface area contributed by atoms with E-state index in [1.165, 1.54) is 7.11 Å². The van der Waals surface area contributed by atoms with Crippen LogP contribution in [0.15, 0.2) is 0 Å². The van der Waals surface area contributed by atoms with E-state index < -0.39 is 29.8 Å². The van der Waals surface area contributed by atoms with Gasteiger partial charge in [-0.1, -0.05) is 12.8 Å². The first-order chi connectivity index (χ1) is 10.1. The number of carboxylic acid groups (broad SMARTS) is 1. The Morgan fingerprint density at radius 1 is 1.00 bits per heavy atom. The smallest absolute Gasteiger partial charge is 0.328 e. The maximum atomic E-state index is 12.8. The molecule has 1 saturated carbocycles. The van der Waals surface area contributed by atoms with Gasteiger partial charge in [0.1, 0.15) is 6.04 Å². The van der Waals surface area contributed by atoms with Crippen LogP contribution in [0.3, 0.4) is 0 Å². The quantitative estimate of drug-likeness (QED) is 0.797. The van der Waals surface area contributed by atoms with Gasteiger partial charge in [-0.15, -0.1) is 0 Å². The zero-order valence-corrected chi connectivity index (χ0v) is 12.4. The Bertz CT molecular complexity index is 422. The number of aliphatic carboxylic acids is 1. The van der Waals surface area contributed by atoms with Crippen LogP contribution in [0.1, 0.15) is 44.9 Å². The lowest BCUT2D eigenvalue weighted by Gasteiger charge is -2.38. The fourth-order valence-corrected chi connectivity index (χ4v) is 3.51. The molecule has 2 rings (SSSR count). The van der Waals surface area contributed by atoms with Gasteiger partial charge in [-0.2, -0.15) is 0 Å². The number of hydrogen-bond acceptors (Lipinski definition) is 4. The summed E-state index contributed by atoms with van der Waals surface area (Å²) in [6, 6.07) is -0.548. The normalized spacial score (nSPS) is 29.8. The topological polar surface area (TPSA) is 83.9 Å². The Balaban J connectivity index is 2.15. The molecular weight excluding hydrogens is 274 g/mol. The standard InChI is InChI=1S/C15H23NO5/c1-21-15(20)12-8-4-5-9-16(12)13(17)10-6-2-3-7-11(10)14(18)19/h10-12H,2-9H2,1H3,(H,18,19)/t10-,11+,12?/m1/s1. The van der Waals surface area contributed by atoms with Crippen LogP contribution in [0.2, 0.25) is 0 Å². The van der Waals surface area contributed by atoms with Gasteiger partial charge >= 0.3 is 11.9 Å². The monoisotopic (exact) mass is 297 g/mol. The molecule has 6 heteroatoms. The molecule has 2 aliphatic rings. The van der Waals surface area contributed by atoms with Gasteiger partial charge in [0.05, 0.1) is 18.9 Å². The van der Waals surface area contributed by atoms with Crippen LogP contribution in [0.25, 0.3) is 0 Å². The van der Waals surface area contributed by atoms with Gasteiger partial charge in [0.15, 0.2) is 0 Å². The van der Waals surface area contributed by atoms with Crippen LogP contribution in [0, 0.1) is 11.8 Å². The van der Waals surface area contributed by atoms with Crippen molar-refractivity contribution in [1.29, 1.82) is 0 Å². The highest BCUT2D eigenvalue weighted by atomic mass is 16.5. The maximum Gasteiger partial charge on any atom is 0.328 e. The molecule has 0 spiro atoms. The van der Waals surface area contributed by atoms with Gasteiger partial charge in [0.25, 0.3) is 0 Å². The number of methoxy groups -OCH3 is 1. The lowest BCUT2D eigenvalue weighted by Crippen LogP contribution is -2.52. The van der Waals surface area contributed by atoms with Crippen molar-refractivity contribution in [2.45, 2.75) is 51.0 Å². The largest absolute Gasteiger partial charge is 0.481 e. The summed E-state index contributed by atoms with van der Waals surface area (Å²) in [5.74, 6) is -2.60. The molecule has 1 saturated heterocycles. The molecule has 0 bridgehead atoms. The van der Waals surface area contributed by atoms with Crippen molar-refractivity contribution >= 4 is 17.8 Å². The van der Waals surface area contributed by atoms with Gasteiger partial charge in [0, 0.05) is 6.54 Å². The highest BCUT2D eigenvalue weighted by Gasteiger charge is 2.41. The molecule has 1 aliphatic heterocycles. The molecule has 1 heterocycles. The van der Waals surface area contributed by atoms with Crippen LogP contribution in [-0.4, -0.2) is 47.5 Å². The number of carboxylic acids is 1. The number of ether oxygens (including phenoxy) is 1. The number of amides is 1. The molecule has 6 nitrogen and oxygen atoms in total. The molecule has 1 aliphatic carbocycles. The molecule has 0 aromatic heterocycles. The summed E-state index contributed by atoms with van der Waals surface area (Å²) >= 11 is 0. The number of rotatable bonds is 3. The zero-order valence-electron chi connectivity index (χ0n) is 12.4. The van der Waals surface area contributed by atoms with Crippen LogP contribution in [0.4, 0.5) is 0 Å². The third-order valence-electron chi connectivity index (χ3n) is 4.66. The Labute approximate surface area is 124 Å². The van der Waals surface area contributed by atoms with Gasteiger partial charge < -0.3 is 14.7 Å². The summed E-state index contributed by atoms with van der Waals surface area (Å²) < 4.78 is 4.78. The van der Waals surface area contributed by atoms with Crippen molar-refractivity contribution in [3.8, 4) is 0 Å². The van der Waals surface area contributed by atoms with E-state index in [0.717, 1.165) is 25.7 Å². The highest BCUT2D eigenvalue weighted by molar-refractivity contribution is 5.89. The van der Waals surface area contributed by atoms with E-state index in [1.807, 2.05) is 0 Å². The minimum absolute atomic E-state index is 0.183. The number of likely N-dealkylation sites (tertiary alicyclic amines) is 1. The summed E-state index contributed by atoms with van der Waals surface area (Å²) in [6.07, 6.45) is 5.20. The second-order valence-corrected chi connectivity index (χ2v) is 5.90. The van der Waals surface area contributed by atoms with Crippen LogP contribution in [0.5, 0.6) is 0 Å². The van der Waals surface area contributed by atoms with Crippen LogP contribution in [-0.2, 0) is 19.1 Å². The average molecular weight is 297 g/mol. The van der Waals surface area contributed by atoms with Crippen LogP contribution < -0.4 is 0 Å². The van der Waals surface area contributed by atoms with Crippen molar-refractivity contribution in [3.05, 3.63) is 0 Å². The molecule has 1 unspecified atom stereocenters. The third-order valence-corrected chi connectivity index (χ3v) is 4.66. The molecule has 21 heavy (non-hydrogen) atoms. The Morgan fingerprint density at radius 2 is 1.62 bits per heavy atom. The maximum absolute atomic E-state index is 12.8. The molecule has 0 aromatic rings. The lowest BCUT2D eigenvalue weighted by molar-refractivity contribution is -0.160. The molecular formula is C15H23NO5. The SMILES string of the molecule is COC(=O)C1CCCCN1C(=O)[C@@H]1CCCC[C@@H]1C(=O)O. The summed E-state index contributed by atoms with van der Waals surface area (Å²) in [5.41, 5.74) is 0. The first kappa shape index (κ1) is 15.8. The summed E-state index contributed by atoms with van der Waals surface area (Å²) in [6.45, 7) is 0.515. The Kier molecular flexibility index (Phi) is 5.20. The number of hydrogen-bond donors (Lipinski definition) is 1. The molecule has 2 fully saturated rings. The predicted octanol–water partition coefficient (Wildman–Crippen LogP) is 1.43. The van der Waals surface area contributed by atoms with Gasteiger partial charge in [-0.3, -0.25) is 9.59 Å². The fraction of sp³-hybridized carbons (Fsp3) is 0.800. The van der Waals surface area contributed by atoms with Crippen molar-refractivity contribution in [3.63, 3.8) is 0 Å². The fourth-order valence-electron chi connectivity index (χ4n) is 3.51. The second kappa shape index (κ2) is 6.91. The number of carbonyl (C=O) groups is 3. The first-order valence-electron chi connectivity index (χ1n) is 7.67. The molecule has 0 aromatic carbocycles. The molecule has 118 valence electrons. The summed E-state index contributed by atoms with van der Waals surface area (Å²) in [5, 5.41) is 9.31. The first-order valence-corrected chi connectivity index (χ1v) is 7.67. The van der Waals surface area contributed by atoms with Gasteiger partial charge in [-0.05, 0) is 32.1 Å². The van der Waals surface area contributed by atoms with E-state index in [2.05, 4.69) is 0 Å². The minimum atomic E-state index is -0.903. The van der Waals surface area contributed by atoms with Crippen LogP contribution >= 0.6 is 0 Å². The van der Waals surface area contributed by atoms with E-state index >= 15 is 0 Å². The van der Waals surface area contributed by atoms with Gasteiger partial charge in [-0.25, -0.2) is 4.79 Å². The van der Waals surface area contributed by atoms with E-state index in [9.17, 15) is 19.5 Å². The van der Waals surface area contributed by atoms with E-state index in [-0.39, 0.29) is 5.91 Å². The molecule has 3 atom stereocenters. The number of piperidine rings is 1. The molecule has 1 N–H and O–H groups in total. The average Bonchev–Trinajstić information content (AvgIpc) is 2.53. The van der Waals surface area contributed by atoms with E-state index in [4.69, 9.17) is 4.74 Å². The molecule has 1 amide bonds. The highest BCUT2D eigenvalue weighted by Crippen LogP contribution is 2.33. The number of carbonyl (C=O) groups excluding carboxylic acids is 2. The van der Waals surface area contributed by atoms with Crippen molar-refractivity contribution < 1.29 is 24.2 Å². The lowest BCUT2D eigenvalue weighted by atomic mass is 9.78.